The Morgan fingerprint density at radius 2 is 1.83 bits per heavy atom. The van der Waals surface area contributed by atoms with Crippen molar-refractivity contribution in [3.8, 4) is 11.4 Å². The molecular weight excluding hydrogens is 402 g/mol. The maximum absolute atomic E-state index is 12.0. The maximum Gasteiger partial charge on any atom is 0.305 e. The minimum atomic E-state index is -0.238. The molecule has 1 aromatic heterocycles. The number of nitrogens with zero attached hydrogens (tertiary/aromatic N) is 4. The summed E-state index contributed by atoms with van der Waals surface area (Å²) in [5.41, 5.74) is 2.16. The number of nitrogens with one attached hydrogen (secondary N) is 1. The minimum absolute atomic E-state index is 0.100. The van der Waals surface area contributed by atoms with Crippen LogP contribution < -0.4 is 10.2 Å². The zero-order valence-electron chi connectivity index (χ0n) is 18.2. The van der Waals surface area contributed by atoms with Gasteiger partial charge in [0.15, 0.2) is 11.0 Å². The Hall–Kier alpha value is -2.55. The van der Waals surface area contributed by atoms with Gasteiger partial charge < -0.3 is 19.5 Å². The maximum atomic E-state index is 12.0. The first-order chi connectivity index (χ1) is 14.5. The number of anilines is 1. The predicted octanol–water partition coefficient (Wildman–Crippen LogP) is 2.88. The van der Waals surface area contributed by atoms with Gasteiger partial charge in [0.25, 0.3) is 0 Å². The van der Waals surface area contributed by atoms with Crippen molar-refractivity contribution in [3.05, 3.63) is 24.3 Å². The minimum Gasteiger partial charge on any atom is -0.466 e. The molecule has 0 radical (unpaired) electrons. The topological polar surface area (TPSA) is 89.3 Å². The van der Waals surface area contributed by atoms with Gasteiger partial charge in [-0.2, -0.15) is 0 Å². The lowest BCUT2D eigenvalue weighted by atomic mass is 10.2. The highest BCUT2D eigenvalue weighted by molar-refractivity contribution is 7.99. The average molecular weight is 434 g/mol. The van der Waals surface area contributed by atoms with Gasteiger partial charge in [-0.25, -0.2) is 0 Å². The Labute approximate surface area is 182 Å². The van der Waals surface area contributed by atoms with E-state index in [2.05, 4.69) is 46.4 Å². The Bertz CT molecular complexity index is 819. The van der Waals surface area contributed by atoms with Crippen LogP contribution in [-0.4, -0.2) is 58.6 Å². The van der Waals surface area contributed by atoms with Crippen molar-refractivity contribution in [1.29, 1.82) is 0 Å². The van der Waals surface area contributed by atoms with Crippen molar-refractivity contribution >= 4 is 29.3 Å². The average Bonchev–Trinajstić information content (AvgIpc) is 3.11. The number of benzene rings is 1. The van der Waals surface area contributed by atoms with E-state index in [1.807, 2.05) is 23.7 Å². The quantitative estimate of drug-likeness (QED) is 0.313. The first-order valence-electron chi connectivity index (χ1n) is 10.3. The number of carbonyl (C=O) groups is 2. The second-order valence-electron chi connectivity index (χ2n) is 6.63. The summed E-state index contributed by atoms with van der Waals surface area (Å²) in [6.45, 7) is 8.80. The fraction of sp³-hybridized carbons (Fsp3) is 0.524. The van der Waals surface area contributed by atoms with E-state index < -0.39 is 0 Å². The zero-order chi connectivity index (χ0) is 21.9. The molecule has 1 amide bonds. The van der Waals surface area contributed by atoms with Gasteiger partial charge in [0.1, 0.15) is 0 Å². The summed E-state index contributed by atoms with van der Waals surface area (Å²) in [6.07, 6.45) is 0.869. The third-order valence-corrected chi connectivity index (χ3v) is 5.63. The van der Waals surface area contributed by atoms with E-state index in [-0.39, 0.29) is 17.6 Å². The number of carbonyl (C=O) groups excluding carboxylic acids is 2. The van der Waals surface area contributed by atoms with E-state index in [1.165, 1.54) is 17.4 Å². The zero-order valence-corrected chi connectivity index (χ0v) is 19.0. The van der Waals surface area contributed by atoms with Gasteiger partial charge in [-0.15, -0.1) is 10.2 Å². The lowest BCUT2D eigenvalue weighted by Gasteiger charge is -2.21. The van der Waals surface area contributed by atoms with Crippen LogP contribution in [0.4, 0.5) is 5.69 Å². The summed E-state index contributed by atoms with van der Waals surface area (Å²) in [5.74, 6) is 0.667. The van der Waals surface area contributed by atoms with Crippen LogP contribution in [-0.2, 0) is 21.4 Å². The Morgan fingerprint density at radius 1 is 1.13 bits per heavy atom. The Balaban J connectivity index is 1.85. The first kappa shape index (κ1) is 23.7. The molecule has 2 aromatic rings. The molecule has 9 heteroatoms. The van der Waals surface area contributed by atoms with Crippen LogP contribution in [0.15, 0.2) is 29.4 Å². The van der Waals surface area contributed by atoms with Gasteiger partial charge in [0.2, 0.25) is 5.91 Å². The van der Waals surface area contributed by atoms with E-state index >= 15 is 0 Å². The second kappa shape index (κ2) is 12.2. The van der Waals surface area contributed by atoms with E-state index in [0.29, 0.717) is 31.1 Å². The third kappa shape index (κ3) is 6.76. The monoisotopic (exact) mass is 433 g/mol. The Kier molecular flexibility index (Phi) is 9.66. The smallest absolute Gasteiger partial charge is 0.305 e. The van der Waals surface area contributed by atoms with Crippen LogP contribution in [0.3, 0.4) is 0 Å². The van der Waals surface area contributed by atoms with Crippen LogP contribution in [0.2, 0.25) is 0 Å². The summed E-state index contributed by atoms with van der Waals surface area (Å²) in [4.78, 5) is 25.6. The number of rotatable bonds is 12. The van der Waals surface area contributed by atoms with Crippen LogP contribution in [0.5, 0.6) is 0 Å². The van der Waals surface area contributed by atoms with E-state index in [1.54, 1.807) is 6.92 Å². The lowest BCUT2D eigenvalue weighted by molar-refractivity contribution is -0.143. The standard InChI is InChI=1S/C21H31N5O3S/c1-5-26(6-2)17-12-10-16(11-13-17)20-23-24-21(25(20)4)30-15-18(27)22-14-8-9-19(28)29-7-3/h10-13H,5-9,14-15H2,1-4H3,(H,22,27). The van der Waals surface area contributed by atoms with Crippen LogP contribution >= 0.6 is 11.8 Å². The fourth-order valence-electron chi connectivity index (χ4n) is 2.98. The summed E-state index contributed by atoms with van der Waals surface area (Å²) in [5, 5.41) is 12.0. The van der Waals surface area contributed by atoms with Crippen molar-refractivity contribution in [1.82, 2.24) is 20.1 Å². The highest BCUT2D eigenvalue weighted by atomic mass is 32.2. The molecule has 164 valence electrons. The molecule has 8 nitrogen and oxygen atoms in total. The Morgan fingerprint density at radius 3 is 2.47 bits per heavy atom. The molecule has 0 atom stereocenters. The molecule has 0 unspecified atom stereocenters. The van der Waals surface area contributed by atoms with Crippen LogP contribution in [0.25, 0.3) is 11.4 Å². The van der Waals surface area contributed by atoms with E-state index in [4.69, 9.17) is 4.74 Å². The number of aromatic nitrogens is 3. The van der Waals surface area contributed by atoms with Crippen LogP contribution in [0.1, 0.15) is 33.6 Å². The van der Waals surface area contributed by atoms with Crippen molar-refractivity contribution in [2.24, 2.45) is 7.05 Å². The highest BCUT2D eigenvalue weighted by Crippen LogP contribution is 2.25. The van der Waals surface area contributed by atoms with Gasteiger partial charge in [-0.3, -0.25) is 9.59 Å². The van der Waals surface area contributed by atoms with Gasteiger partial charge in [-0.05, 0) is 51.5 Å². The van der Waals surface area contributed by atoms with Gasteiger partial charge in [0.05, 0.1) is 12.4 Å². The molecule has 1 heterocycles. The normalized spacial score (nSPS) is 10.7. The third-order valence-electron chi connectivity index (χ3n) is 4.61. The lowest BCUT2D eigenvalue weighted by Crippen LogP contribution is -2.26. The second-order valence-corrected chi connectivity index (χ2v) is 7.57. The van der Waals surface area contributed by atoms with Gasteiger partial charge >= 0.3 is 5.97 Å². The largest absolute Gasteiger partial charge is 0.466 e. The number of esters is 1. The number of hydrogen-bond acceptors (Lipinski definition) is 7. The summed E-state index contributed by atoms with van der Waals surface area (Å²) >= 11 is 1.34. The molecule has 0 aliphatic carbocycles. The molecule has 2 rings (SSSR count). The molecular formula is C21H31N5O3S. The molecule has 0 spiro atoms. The number of amides is 1. The predicted molar refractivity (Wildman–Crippen MR) is 120 cm³/mol. The number of thioether (sulfide) groups is 1. The first-order valence-corrected chi connectivity index (χ1v) is 11.3. The van der Waals surface area contributed by atoms with Gasteiger partial charge in [0, 0.05) is 44.4 Å². The summed E-state index contributed by atoms with van der Waals surface area (Å²) < 4.78 is 6.75. The molecule has 1 N–H and O–H groups in total. The molecule has 30 heavy (non-hydrogen) atoms. The van der Waals surface area contributed by atoms with Gasteiger partial charge in [-0.1, -0.05) is 11.8 Å². The van der Waals surface area contributed by atoms with E-state index in [0.717, 1.165) is 24.5 Å². The SMILES string of the molecule is CCOC(=O)CCCNC(=O)CSc1nnc(-c2ccc(N(CC)CC)cc2)n1C. The van der Waals surface area contributed by atoms with Crippen molar-refractivity contribution in [3.63, 3.8) is 0 Å². The van der Waals surface area contributed by atoms with E-state index in [9.17, 15) is 9.59 Å². The van der Waals surface area contributed by atoms with Crippen molar-refractivity contribution in [2.75, 3.05) is 36.9 Å². The molecule has 0 aliphatic rings. The van der Waals surface area contributed by atoms with Crippen molar-refractivity contribution < 1.29 is 14.3 Å². The molecule has 0 fully saturated rings. The van der Waals surface area contributed by atoms with Crippen LogP contribution in [0, 0.1) is 0 Å². The molecule has 0 bridgehead atoms. The molecule has 0 saturated carbocycles. The molecule has 1 aromatic carbocycles. The molecule has 0 aliphatic heterocycles. The highest BCUT2D eigenvalue weighted by Gasteiger charge is 2.13. The summed E-state index contributed by atoms with van der Waals surface area (Å²) in [6, 6.07) is 8.27. The van der Waals surface area contributed by atoms with Crippen molar-refractivity contribution in [2.45, 2.75) is 38.8 Å². The number of hydrogen-bond donors (Lipinski definition) is 1. The fourth-order valence-corrected chi connectivity index (χ4v) is 3.72. The summed E-state index contributed by atoms with van der Waals surface area (Å²) in [7, 11) is 1.90. The molecule has 0 saturated heterocycles. The number of ether oxygens (including phenoxy) is 1.